The van der Waals surface area contributed by atoms with Gasteiger partial charge in [-0.1, -0.05) is 6.07 Å². The fourth-order valence-electron chi connectivity index (χ4n) is 2.62. The van der Waals surface area contributed by atoms with Crippen molar-refractivity contribution >= 4 is 17.5 Å². The number of para-hydroxylation sites is 1. The molecule has 1 aliphatic rings. The molecule has 0 saturated carbocycles. The Hall–Kier alpha value is -2.24. The van der Waals surface area contributed by atoms with Crippen LogP contribution in [0, 0.1) is 0 Å². The first kappa shape index (κ1) is 15.2. The van der Waals surface area contributed by atoms with Crippen molar-refractivity contribution in [2.45, 2.75) is 19.4 Å². The van der Waals surface area contributed by atoms with E-state index < -0.39 is 5.54 Å². The van der Waals surface area contributed by atoms with E-state index in [2.05, 4.69) is 0 Å². The van der Waals surface area contributed by atoms with E-state index in [0.717, 1.165) is 0 Å². The molecule has 1 fully saturated rings. The Balaban J connectivity index is 2.38. The molecule has 1 aliphatic heterocycles. The minimum atomic E-state index is -0.889. The fraction of sp³-hybridized carbons (Fsp3) is 0.467. The van der Waals surface area contributed by atoms with E-state index in [9.17, 15) is 9.59 Å². The number of benzene rings is 1. The molecule has 21 heavy (non-hydrogen) atoms. The van der Waals surface area contributed by atoms with E-state index in [4.69, 9.17) is 10.5 Å². The largest absolute Gasteiger partial charge is 0.495 e. The second-order valence-electron chi connectivity index (χ2n) is 5.66. The van der Waals surface area contributed by atoms with Gasteiger partial charge >= 0.3 is 0 Å². The molecule has 1 aromatic carbocycles. The Morgan fingerprint density at radius 2 is 2.00 bits per heavy atom. The Labute approximate surface area is 124 Å². The SMILES string of the molecule is COc1cccc(C(=O)N2CCN(C)C(=O)C2(C)C)c1N. The van der Waals surface area contributed by atoms with Gasteiger partial charge in [-0.3, -0.25) is 9.59 Å². The number of likely N-dealkylation sites (N-methyl/N-ethyl adjacent to an activating group) is 1. The van der Waals surface area contributed by atoms with Crippen LogP contribution in [-0.4, -0.2) is 54.4 Å². The molecule has 2 amide bonds. The second kappa shape index (κ2) is 5.27. The first-order valence-corrected chi connectivity index (χ1v) is 6.80. The third-order valence-corrected chi connectivity index (χ3v) is 3.97. The molecular formula is C15H21N3O3. The van der Waals surface area contributed by atoms with Gasteiger partial charge < -0.3 is 20.3 Å². The smallest absolute Gasteiger partial charge is 0.257 e. The lowest BCUT2D eigenvalue weighted by Gasteiger charge is -2.44. The lowest BCUT2D eigenvalue weighted by atomic mass is 9.96. The first-order valence-electron chi connectivity index (χ1n) is 6.80. The lowest BCUT2D eigenvalue weighted by Crippen LogP contribution is -2.63. The van der Waals surface area contributed by atoms with Crippen LogP contribution < -0.4 is 10.5 Å². The first-order chi connectivity index (χ1) is 9.80. The summed E-state index contributed by atoms with van der Waals surface area (Å²) in [5.74, 6) is 0.125. The predicted molar refractivity (Wildman–Crippen MR) is 80.2 cm³/mol. The van der Waals surface area contributed by atoms with Gasteiger partial charge in [0.15, 0.2) is 0 Å². The summed E-state index contributed by atoms with van der Waals surface area (Å²) >= 11 is 0. The molecule has 6 nitrogen and oxygen atoms in total. The highest BCUT2D eigenvalue weighted by atomic mass is 16.5. The van der Waals surface area contributed by atoms with Gasteiger partial charge in [-0.25, -0.2) is 0 Å². The van der Waals surface area contributed by atoms with Crippen molar-refractivity contribution in [3.05, 3.63) is 23.8 Å². The molecule has 0 bridgehead atoms. The van der Waals surface area contributed by atoms with Gasteiger partial charge in [-0.2, -0.15) is 0 Å². The van der Waals surface area contributed by atoms with Gasteiger partial charge in [0.1, 0.15) is 11.3 Å². The summed E-state index contributed by atoms with van der Waals surface area (Å²) in [4.78, 5) is 28.3. The number of hydrogen-bond donors (Lipinski definition) is 1. The zero-order chi connectivity index (χ0) is 15.8. The van der Waals surface area contributed by atoms with Crippen molar-refractivity contribution in [2.75, 3.05) is 33.0 Å². The average molecular weight is 291 g/mol. The quantitative estimate of drug-likeness (QED) is 0.824. The Bertz CT molecular complexity index is 584. The standard InChI is InChI=1S/C15H21N3O3/c1-15(2)14(20)17(3)8-9-18(15)13(19)10-6-5-7-11(21-4)12(10)16/h5-7H,8-9,16H2,1-4H3. The van der Waals surface area contributed by atoms with Crippen LogP contribution in [0.5, 0.6) is 5.75 Å². The van der Waals surface area contributed by atoms with Crippen LogP contribution in [-0.2, 0) is 4.79 Å². The highest BCUT2D eigenvalue weighted by Gasteiger charge is 2.43. The van der Waals surface area contributed by atoms with Crippen LogP contribution in [0.1, 0.15) is 24.2 Å². The van der Waals surface area contributed by atoms with Crippen molar-refractivity contribution < 1.29 is 14.3 Å². The van der Waals surface area contributed by atoms with Gasteiger partial charge in [-0.15, -0.1) is 0 Å². The van der Waals surface area contributed by atoms with Gasteiger partial charge in [-0.05, 0) is 26.0 Å². The van der Waals surface area contributed by atoms with Crippen LogP contribution >= 0.6 is 0 Å². The molecule has 2 rings (SSSR count). The number of nitrogens with zero attached hydrogens (tertiary/aromatic N) is 2. The molecule has 0 aliphatic carbocycles. The van der Waals surface area contributed by atoms with E-state index in [0.29, 0.717) is 30.1 Å². The predicted octanol–water partition coefficient (Wildman–Crippen LogP) is 0.970. The Morgan fingerprint density at radius 1 is 1.33 bits per heavy atom. The molecule has 1 heterocycles. The lowest BCUT2D eigenvalue weighted by molar-refractivity contribution is -0.144. The Morgan fingerprint density at radius 3 is 2.62 bits per heavy atom. The number of carbonyl (C=O) groups excluding carboxylic acids is 2. The summed E-state index contributed by atoms with van der Waals surface area (Å²) in [6.45, 7) is 4.49. The number of nitrogens with two attached hydrogens (primary N) is 1. The Kier molecular flexibility index (Phi) is 3.80. The maximum absolute atomic E-state index is 12.8. The molecule has 2 N–H and O–H groups in total. The summed E-state index contributed by atoms with van der Waals surface area (Å²) in [7, 11) is 3.25. The van der Waals surface area contributed by atoms with Crippen molar-refractivity contribution in [3.8, 4) is 5.75 Å². The van der Waals surface area contributed by atoms with Gasteiger partial charge in [0.25, 0.3) is 5.91 Å². The summed E-state index contributed by atoms with van der Waals surface area (Å²) in [5, 5.41) is 0. The van der Waals surface area contributed by atoms with Crippen molar-refractivity contribution in [2.24, 2.45) is 0 Å². The third kappa shape index (κ3) is 2.41. The third-order valence-electron chi connectivity index (χ3n) is 3.97. The summed E-state index contributed by atoms with van der Waals surface area (Å²) in [6, 6.07) is 5.07. The number of methoxy groups -OCH3 is 1. The van der Waals surface area contributed by atoms with E-state index in [1.54, 1.807) is 48.9 Å². The second-order valence-corrected chi connectivity index (χ2v) is 5.66. The maximum atomic E-state index is 12.8. The molecule has 0 radical (unpaired) electrons. The number of nitrogen functional groups attached to an aromatic ring is 1. The van der Waals surface area contributed by atoms with E-state index in [1.807, 2.05) is 0 Å². The number of piperazine rings is 1. The minimum absolute atomic E-state index is 0.0800. The highest BCUT2D eigenvalue weighted by molar-refractivity contribution is 6.03. The molecule has 1 saturated heterocycles. The number of hydrogen-bond acceptors (Lipinski definition) is 4. The molecule has 1 aromatic rings. The minimum Gasteiger partial charge on any atom is -0.495 e. The van der Waals surface area contributed by atoms with Crippen molar-refractivity contribution in [1.82, 2.24) is 9.80 Å². The van der Waals surface area contributed by atoms with Gasteiger partial charge in [0, 0.05) is 20.1 Å². The zero-order valence-corrected chi connectivity index (χ0v) is 12.8. The molecule has 0 unspecified atom stereocenters. The summed E-state index contributed by atoms with van der Waals surface area (Å²) in [6.07, 6.45) is 0. The molecule has 114 valence electrons. The van der Waals surface area contributed by atoms with Crippen LogP contribution in [0.2, 0.25) is 0 Å². The monoisotopic (exact) mass is 291 g/mol. The van der Waals surface area contributed by atoms with Crippen molar-refractivity contribution in [1.29, 1.82) is 0 Å². The van der Waals surface area contributed by atoms with Gasteiger partial charge in [0.05, 0.1) is 18.4 Å². The number of anilines is 1. The number of ether oxygens (including phenoxy) is 1. The number of rotatable bonds is 2. The molecule has 0 aromatic heterocycles. The zero-order valence-electron chi connectivity index (χ0n) is 12.8. The fourth-order valence-corrected chi connectivity index (χ4v) is 2.62. The topological polar surface area (TPSA) is 75.9 Å². The van der Waals surface area contributed by atoms with Gasteiger partial charge in [0.2, 0.25) is 5.91 Å². The van der Waals surface area contributed by atoms with E-state index in [1.165, 1.54) is 7.11 Å². The molecule has 6 heteroatoms. The van der Waals surface area contributed by atoms with Crippen molar-refractivity contribution in [3.63, 3.8) is 0 Å². The summed E-state index contributed by atoms with van der Waals surface area (Å²) < 4.78 is 5.14. The van der Waals surface area contributed by atoms with Crippen LogP contribution in [0.4, 0.5) is 5.69 Å². The normalized spacial score (nSPS) is 17.8. The average Bonchev–Trinajstić information content (AvgIpc) is 2.44. The van der Waals surface area contributed by atoms with Crippen LogP contribution in [0.3, 0.4) is 0 Å². The summed E-state index contributed by atoms with van der Waals surface area (Å²) in [5.41, 5.74) is 5.75. The van der Waals surface area contributed by atoms with E-state index in [-0.39, 0.29) is 11.8 Å². The number of amides is 2. The van der Waals surface area contributed by atoms with Crippen LogP contribution in [0.25, 0.3) is 0 Å². The molecule has 0 spiro atoms. The molecular weight excluding hydrogens is 270 g/mol. The maximum Gasteiger partial charge on any atom is 0.257 e. The molecule has 0 atom stereocenters. The number of carbonyl (C=O) groups is 2. The van der Waals surface area contributed by atoms with Crippen LogP contribution in [0.15, 0.2) is 18.2 Å². The highest BCUT2D eigenvalue weighted by Crippen LogP contribution is 2.29. The van der Waals surface area contributed by atoms with E-state index >= 15 is 0 Å².